The van der Waals surface area contributed by atoms with Crippen LogP contribution in [-0.2, 0) is 0 Å². The monoisotopic (exact) mass is 326 g/mol. The van der Waals surface area contributed by atoms with Gasteiger partial charge in [-0.05, 0) is 29.8 Å². The van der Waals surface area contributed by atoms with E-state index in [1.165, 1.54) is 0 Å². The summed E-state index contributed by atoms with van der Waals surface area (Å²) in [7, 11) is 4.89. The summed E-state index contributed by atoms with van der Waals surface area (Å²) in [5, 5.41) is 0. The Labute approximate surface area is 142 Å². The summed E-state index contributed by atoms with van der Waals surface area (Å²) in [6.45, 7) is 4.11. The minimum Gasteiger partial charge on any atom is -0.497 e. The first kappa shape index (κ1) is 17.5. The molecule has 0 aliphatic heterocycles. The van der Waals surface area contributed by atoms with Crippen LogP contribution in [0.3, 0.4) is 0 Å². The van der Waals surface area contributed by atoms with E-state index in [-0.39, 0.29) is 0 Å². The highest BCUT2D eigenvalue weighted by Gasteiger charge is 2.04. The topological polar surface area (TPSA) is 36.9 Å². The zero-order chi connectivity index (χ0) is 17.4. The largest absolute Gasteiger partial charge is 0.497 e. The van der Waals surface area contributed by atoms with E-state index in [1.54, 1.807) is 27.4 Å². The molecule has 0 atom stereocenters. The molecule has 0 bridgehead atoms. The highest BCUT2D eigenvalue weighted by Crippen LogP contribution is 2.28. The van der Waals surface area contributed by atoms with Crippen molar-refractivity contribution in [3.05, 3.63) is 60.2 Å². The molecule has 0 heterocycles. The summed E-state index contributed by atoms with van der Waals surface area (Å²) >= 11 is 0. The number of methoxy groups -OCH3 is 3. The van der Waals surface area contributed by atoms with Crippen molar-refractivity contribution in [1.82, 2.24) is 0 Å². The van der Waals surface area contributed by atoms with Crippen molar-refractivity contribution in [1.29, 1.82) is 0 Å². The van der Waals surface area contributed by atoms with Crippen LogP contribution in [0.2, 0.25) is 0 Å². The van der Waals surface area contributed by atoms with Crippen molar-refractivity contribution in [2.24, 2.45) is 0 Å². The normalized spacial score (nSPS) is 10.5. The number of ether oxygens (including phenoxy) is 4. The van der Waals surface area contributed by atoms with Crippen molar-refractivity contribution in [2.45, 2.75) is 0 Å². The summed E-state index contributed by atoms with van der Waals surface area (Å²) in [6.07, 6.45) is 5.67. The fourth-order valence-corrected chi connectivity index (χ4v) is 2.16. The van der Waals surface area contributed by atoms with Gasteiger partial charge >= 0.3 is 0 Å². The van der Waals surface area contributed by atoms with E-state index in [4.69, 9.17) is 18.9 Å². The molecule has 24 heavy (non-hydrogen) atoms. The first-order chi connectivity index (χ1) is 11.7. The summed E-state index contributed by atoms with van der Waals surface area (Å²) in [5.41, 5.74) is 1.91. The minimum atomic E-state index is 0.432. The smallest absolute Gasteiger partial charge is 0.130 e. The second-order valence-corrected chi connectivity index (χ2v) is 4.98. The molecular formula is C20H22O4. The Balaban J connectivity index is 2.32. The highest BCUT2D eigenvalue weighted by molar-refractivity contribution is 5.74. The van der Waals surface area contributed by atoms with Crippen LogP contribution in [0.1, 0.15) is 11.1 Å². The maximum Gasteiger partial charge on any atom is 0.130 e. The molecule has 2 aromatic rings. The molecule has 0 aromatic heterocycles. The minimum absolute atomic E-state index is 0.432. The summed E-state index contributed by atoms with van der Waals surface area (Å²) in [5.74, 6) is 2.97. The van der Waals surface area contributed by atoms with Gasteiger partial charge in [-0.15, -0.1) is 0 Å². The van der Waals surface area contributed by atoms with Crippen molar-refractivity contribution in [3.63, 3.8) is 0 Å². The molecule has 0 aliphatic rings. The predicted molar refractivity (Wildman–Crippen MR) is 97.2 cm³/mol. The van der Waals surface area contributed by atoms with Gasteiger partial charge in [-0.3, -0.25) is 0 Å². The van der Waals surface area contributed by atoms with Gasteiger partial charge in [0.15, 0.2) is 0 Å². The Bertz CT molecular complexity index is 697. The lowest BCUT2D eigenvalue weighted by molar-refractivity contribution is 0.356. The number of rotatable bonds is 8. The molecule has 0 aliphatic carbocycles. The van der Waals surface area contributed by atoms with Gasteiger partial charge in [0.05, 0.1) is 21.3 Å². The van der Waals surface area contributed by atoms with Crippen LogP contribution in [0.5, 0.6) is 23.0 Å². The maximum absolute atomic E-state index is 5.71. The Morgan fingerprint density at radius 3 is 2.08 bits per heavy atom. The third-order valence-corrected chi connectivity index (χ3v) is 3.41. The highest BCUT2D eigenvalue weighted by atomic mass is 16.5. The third-order valence-electron chi connectivity index (χ3n) is 3.41. The van der Waals surface area contributed by atoms with Crippen LogP contribution in [-0.4, -0.2) is 27.9 Å². The molecule has 0 N–H and O–H groups in total. The molecule has 4 heteroatoms. The van der Waals surface area contributed by atoms with Crippen molar-refractivity contribution >= 4 is 12.2 Å². The SMILES string of the molecule is C=CCOc1cc(OC)ccc1/C=C\c1cc(OC)cc(OC)c1. The average Bonchev–Trinajstić information content (AvgIpc) is 2.64. The van der Waals surface area contributed by atoms with Gasteiger partial charge in [-0.2, -0.15) is 0 Å². The van der Waals surface area contributed by atoms with Crippen LogP contribution >= 0.6 is 0 Å². The van der Waals surface area contributed by atoms with Crippen LogP contribution in [0.15, 0.2) is 49.1 Å². The second-order valence-electron chi connectivity index (χ2n) is 4.98. The van der Waals surface area contributed by atoms with E-state index in [2.05, 4.69) is 6.58 Å². The average molecular weight is 326 g/mol. The molecule has 0 radical (unpaired) electrons. The fourth-order valence-electron chi connectivity index (χ4n) is 2.16. The van der Waals surface area contributed by atoms with Gasteiger partial charge in [0.2, 0.25) is 0 Å². The van der Waals surface area contributed by atoms with Crippen LogP contribution in [0, 0.1) is 0 Å². The number of hydrogen-bond acceptors (Lipinski definition) is 4. The van der Waals surface area contributed by atoms with Gasteiger partial charge in [-0.25, -0.2) is 0 Å². The lowest BCUT2D eigenvalue weighted by Gasteiger charge is -2.10. The van der Waals surface area contributed by atoms with E-state index in [0.29, 0.717) is 6.61 Å². The molecule has 126 valence electrons. The van der Waals surface area contributed by atoms with Crippen molar-refractivity contribution in [2.75, 3.05) is 27.9 Å². The van der Waals surface area contributed by atoms with Crippen LogP contribution in [0.4, 0.5) is 0 Å². The molecule has 0 saturated carbocycles. The summed E-state index contributed by atoms with van der Waals surface area (Å²) in [4.78, 5) is 0. The predicted octanol–water partition coefficient (Wildman–Crippen LogP) is 4.45. The van der Waals surface area contributed by atoms with Gasteiger partial charge in [0, 0.05) is 17.7 Å². The van der Waals surface area contributed by atoms with Gasteiger partial charge in [0.1, 0.15) is 29.6 Å². The molecule has 4 nitrogen and oxygen atoms in total. The first-order valence-corrected chi connectivity index (χ1v) is 7.53. The maximum atomic E-state index is 5.71. The molecule has 0 fully saturated rings. The Kier molecular flexibility index (Phi) is 6.32. The summed E-state index contributed by atoms with van der Waals surface area (Å²) in [6, 6.07) is 11.4. The second kappa shape index (κ2) is 8.67. The molecule has 0 spiro atoms. The zero-order valence-electron chi connectivity index (χ0n) is 14.2. The van der Waals surface area contributed by atoms with E-state index in [1.807, 2.05) is 48.6 Å². The lowest BCUT2D eigenvalue weighted by Crippen LogP contribution is -1.96. The first-order valence-electron chi connectivity index (χ1n) is 7.53. The Morgan fingerprint density at radius 2 is 1.50 bits per heavy atom. The van der Waals surface area contributed by atoms with Crippen molar-refractivity contribution in [3.8, 4) is 23.0 Å². The Hall–Kier alpha value is -2.88. The van der Waals surface area contributed by atoms with Gasteiger partial charge in [0.25, 0.3) is 0 Å². The molecule has 0 amide bonds. The Morgan fingerprint density at radius 1 is 0.833 bits per heavy atom. The van der Waals surface area contributed by atoms with E-state index in [0.717, 1.165) is 34.1 Å². The zero-order valence-corrected chi connectivity index (χ0v) is 14.2. The number of benzene rings is 2. The number of hydrogen-bond donors (Lipinski definition) is 0. The molecule has 2 aromatic carbocycles. The molecule has 0 saturated heterocycles. The third kappa shape index (κ3) is 4.56. The van der Waals surface area contributed by atoms with Gasteiger partial charge < -0.3 is 18.9 Å². The van der Waals surface area contributed by atoms with Crippen LogP contribution in [0.25, 0.3) is 12.2 Å². The summed E-state index contributed by atoms with van der Waals surface area (Å²) < 4.78 is 21.5. The quantitative estimate of drug-likeness (QED) is 0.530. The molecule has 0 unspecified atom stereocenters. The fraction of sp³-hybridized carbons (Fsp3) is 0.200. The van der Waals surface area contributed by atoms with E-state index in [9.17, 15) is 0 Å². The van der Waals surface area contributed by atoms with Gasteiger partial charge in [-0.1, -0.05) is 24.8 Å². The van der Waals surface area contributed by atoms with Crippen LogP contribution < -0.4 is 18.9 Å². The standard InChI is InChI=1S/C20H22O4/c1-5-10-24-20-14-17(21-2)9-8-16(20)7-6-15-11-18(22-3)13-19(12-15)23-4/h5-9,11-14H,1,10H2,2-4H3/b7-6-. The van der Waals surface area contributed by atoms with E-state index < -0.39 is 0 Å². The molecule has 2 rings (SSSR count). The van der Waals surface area contributed by atoms with E-state index >= 15 is 0 Å². The molecular weight excluding hydrogens is 304 g/mol. The lowest BCUT2D eigenvalue weighted by atomic mass is 10.1. The van der Waals surface area contributed by atoms with Crippen molar-refractivity contribution < 1.29 is 18.9 Å².